The van der Waals surface area contributed by atoms with Crippen LogP contribution in [-0.4, -0.2) is 20.6 Å². The smallest absolute Gasteiger partial charge is 0.262 e. The predicted octanol–water partition coefficient (Wildman–Crippen LogP) is 2.81. The summed E-state index contributed by atoms with van der Waals surface area (Å²) in [7, 11) is -2.18. The van der Waals surface area contributed by atoms with Crippen LogP contribution < -0.4 is 9.46 Å². The summed E-state index contributed by atoms with van der Waals surface area (Å²) in [6.45, 7) is -0.178. The number of anilines is 1. The topological polar surface area (TPSA) is 75.6 Å². The van der Waals surface area contributed by atoms with Crippen molar-refractivity contribution in [2.75, 3.05) is 11.8 Å². The van der Waals surface area contributed by atoms with Gasteiger partial charge in [-0.2, -0.15) is 0 Å². The number of benzene rings is 1. The van der Waals surface area contributed by atoms with Gasteiger partial charge in [-0.05, 0) is 34.1 Å². The van der Waals surface area contributed by atoms with Crippen molar-refractivity contribution in [1.82, 2.24) is 0 Å². The van der Waals surface area contributed by atoms with Gasteiger partial charge in [0.1, 0.15) is 5.75 Å². The van der Waals surface area contributed by atoms with Crippen molar-refractivity contribution in [2.24, 2.45) is 0 Å². The summed E-state index contributed by atoms with van der Waals surface area (Å²) in [5, 5.41) is 10.5. The molecular weight excluding hydrogens is 366 g/mol. The molecule has 0 aliphatic rings. The van der Waals surface area contributed by atoms with Crippen LogP contribution in [0.1, 0.15) is 4.88 Å². The number of halogens is 1. The van der Waals surface area contributed by atoms with Crippen LogP contribution in [0, 0.1) is 0 Å². The third kappa shape index (κ3) is 3.32. The van der Waals surface area contributed by atoms with E-state index in [1.165, 1.54) is 29.9 Å². The van der Waals surface area contributed by atoms with E-state index in [9.17, 15) is 8.42 Å². The van der Waals surface area contributed by atoms with E-state index >= 15 is 0 Å². The molecule has 108 valence electrons. The fraction of sp³-hybridized carbons (Fsp3) is 0.167. The number of rotatable bonds is 5. The Labute approximate surface area is 129 Å². The SMILES string of the molecule is COc1ccc(Br)c(NS(=O)(=O)c2csc(CO)c2)c1. The molecule has 0 fully saturated rings. The van der Waals surface area contributed by atoms with Gasteiger partial charge >= 0.3 is 0 Å². The maximum Gasteiger partial charge on any atom is 0.262 e. The molecule has 0 saturated carbocycles. The van der Waals surface area contributed by atoms with Gasteiger partial charge in [-0.15, -0.1) is 11.3 Å². The van der Waals surface area contributed by atoms with Crippen molar-refractivity contribution in [3.63, 3.8) is 0 Å². The van der Waals surface area contributed by atoms with Crippen LogP contribution in [0.25, 0.3) is 0 Å². The van der Waals surface area contributed by atoms with Gasteiger partial charge in [-0.25, -0.2) is 8.42 Å². The lowest BCUT2D eigenvalue weighted by atomic mass is 10.3. The molecule has 0 atom stereocenters. The van der Waals surface area contributed by atoms with Crippen LogP contribution in [0.5, 0.6) is 5.75 Å². The predicted molar refractivity (Wildman–Crippen MR) is 81.7 cm³/mol. The average molecular weight is 378 g/mol. The molecule has 2 rings (SSSR count). The van der Waals surface area contributed by atoms with Crippen molar-refractivity contribution in [2.45, 2.75) is 11.5 Å². The van der Waals surface area contributed by atoms with Gasteiger partial charge in [0.05, 0.1) is 24.3 Å². The molecule has 0 aliphatic heterocycles. The summed E-state index contributed by atoms with van der Waals surface area (Å²) >= 11 is 4.48. The summed E-state index contributed by atoms with van der Waals surface area (Å²) in [6.07, 6.45) is 0. The van der Waals surface area contributed by atoms with Crippen LogP contribution in [0.15, 0.2) is 39.0 Å². The molecule has 0 bridgehead atoms. The largest absolute Gasteiger partial charge is 0.497 e. The van der Waals surface area contributed by atoms with Crippen LogP contribution in [0.2, 0.25) is 0 Å². The Morgan fingerprint density at radius 2 is 2.15 bits per heavy atom. The minimum atomic E-state index is -3.69. The third-order valence-electron chi connectivity index (χ3n) is 2.51. The second-order valence-electron chi connectivity index (χ2n) is 3.86. The molecule has 0 spiro atoms. The van der Waals surface area contributed by atoms with Crippen molar-refractivity contribution in [1.29, 1.82) is 0 Å². The van der Waals surface area contributed by atoms with Crippen molar-refractivity contribution < 1.29 is 18.3 Å². The van der Waals surface area contributed by atoms with Gasteiger partial charge in [0, 0.05) is 20.8 Å². The van der Waals surface area contributed by atoms with Crippen LogP contribution in [-0.2, 0) is 16.6 Å². The zero-order chi connectivity index (χ0) is 14.8. The Kier molecular flexibility index (Phi) is 4.69. The van der Waals surface area contributed by atoms with Crippen molar-refractivity contribution in [3.05, 3.63) is 39.0 Å². The summed E-state index contributed by atoms with van der Waals surface area (Å²) in [6, 6.07) is 6.45. The lowest BCUT2D eigenvalue weighted by Crippen LogP contribution is -2.12. The van der Waals surface area contributed by atoms with E-state index in [0.717, 1.165) is 0 Å². The molecule has 8 heteroatoms. The van der Waals surface area contributed by atoms with E-state index in [2.05, 4.69) is 20.7 Å². The monoisotopic (exact) mass is 377 g/mol. The first kappa shape index (κ1) is 15.3. The van der Waals surface area contributed by atoms with E-state index in [4.69, 9.17) is 9.84 Å². The van der Waals surface area contributed by atoms with Gasteiger partial charge in [-0.3, -0.25) is 4.72 Å². The maximum absolute atomic E-state index is 12.2. The maximum atomic E-state index is 12.2. The summed E-state index contributed by atoms with van der Waals surface area (Å²) in [4.78, 5) is 0.719. The minimum absolute atomic E-state index is 0.126. The van der Waals surface area contributed by atoms with Crippen LogP contribution in [0.3, 0.4) is 0 Å². The molecule has 1 heterocycles. The fourth-order valence-electron chi connectivity index (χ4n) is 1.50. The lowest BCUT2D eigenvalue weighted by molar-refractivity contribution is 0.285. The van der Waals surface area contributed by atoms with Crippen molar-refractivity contribution >= 4 is 43.0 Å². The highest BCUT2D eigenvalue weighted by atomic mass is 79.9. The number of methoxy groups -OCH3 is 1. The summed E-state index contributed by atoms with van der Waals surface area (Å²) in [5.74, 6) is 0.548. The fourth-order valence-corrected chi connectivity index (χ4v) is 4.18. The first-order valence-electron chi connectivity index (χ1n) is 5.51. The molecule has 5 nitrogen and oxygen atoms in total. The molecule has 1 aromatic carbocycles. The second-order valence-corrected chi connectivity index (χ2v) is 7.39. The number of hydrogen-bond donors (Lipinski definition) is 2. The lowest BCUT2D eigenvalue weighted by Gasteiger charge is -2.10. The molecule has 0 unspecified atom stereocenters. The number of sulfonamides is 1. The molecule has 2 N–H and O–H groups in total. The number of nitrogens with one attached hydrogen (secondary N) is 1. The number of aliphatic hydroxyl groups is 1. The highest BCUT2D eigenvalue weighted by Gasteiger charge is 2.18. The molecule has 0 radical (unpaired) electrons. The third-order valence-corrected chi connectivity index (χ3v) is 5.62. The molecule has 20 heavy (non-hydrogen) atoms. The zero-order valence-electron chi connectivity index (χ0n) is 10.5. The standard InChI is InChI=1S/C12H12BrNO4S2/c1-18-8-2-3-11(13)12(4-8)14-20(16,17)10-5-9(6-15)19-7-10/h2-5,7,14-15H,6H2,1H3. The zero-order valence-corrected chi connectivity index (χ0v) is 13.7. The Morgan fingerprint density at radius 3 is 2.75 bits per heavy atom. The van der Waals surface area contributed by atoms with E-state index in [1.807, 2.05) is 0 Å². The number of aliphatic hydroxyl groups excluding tert-OH is 1. The van der Waals surface area contributed by atoms with Gasteiger partial charge in [0.25, 0.3) is 10.0 Å². The van der Waals surface area contributed by atoms with Crippen LogP contribution >= 0.6 is 27.3 Å². The average Bonchev–Trinajstić information content (AvgIpc) is 2.91. The van der Waals surface area contributed by atoms with Gasteiger partial charge in [0.15, 0.2) is 0 Å². The van der Waals surface area contributed by atoms with Gasteiger partial charge < -0.3 is 9.84 Å². The Bertz CT molecular complexity index is 712. The first-order valence-corrected chi connectivity index (χ1v) is 8.66. The number of ether oxygens (including phenoxy) is 1. The summed E-state index contributed by atoms with van der Waals surface area (Å²) in [5.41, 5.74) is 0.390. The minimum Gasteiger partial charge on any atom is -0.497 e. The summed E-state index contributed by atoms with van der Waals surface area (Å²) < 4.78 is 32.6. The van der Waals surface area contributed by atoms with E-state index < -0.39 is 10.0 Å². The number of thiophene rings is 1. The molecule has 0 amide bonds. The Balaban J connectivity index is 2.32. The van der Waals surface area contributed by atoms with E-state index in [1.54, 1.807) is 18.2 Å². The second kappa shape index (κ2) is 6.13. The van der Waals surface area contributed by atoms with Crippen molar-refractivity contribution in [3.8, 4) is 5.75 Å². The normalized spacial score (nSPS) is 11.3. The molecule has 2 aromatic rings. The quantitative estimate of drug-likeness (QED) is 0.839. The first-order chi connectivity index (χ1) is 9.46. The Morgan fingerprint density at radius 1 is 1.40 bits per heavy atom. The Hall–Kier alpha value is -1.09. The van der Waals surface area contributed by atoms with E-state index in [-0.39, 0.29) is 11.5 Å². The molecule has 0 saturated heterocycles. The molecule has 1 aromatic heterocycles. The number of hydrogen-bond acceptors (Lipinski definition) is 5. The highest BCUT2D eigenvalue weighted by Crippen LogP contribution is 2.30. The van der Waals surface area contributed by atoms with Gasteiger partial charge in [0.2, 0.25) is 0 Å². The van der Waals surface area contributed by atoms with E-state index in [0.29, 0.717) is 20.8 Å². The molecular formula is C12H12BrNO4S2. The molecule has 0 aliphatic carbocycles. The highest BCUT2D eigenvalue weighted by molar-refractivity contribution is 9.10. The van der Waals surface area contributed by atoms with Gasteiger partial charge in [-0.1, -0.05) is 0 Å². The van der Waals surface area contributed by atoms with Crippen LogP contribution in [0.4, 0.5) is 5.69 Å².